The molecule has 8 heteroatoms. The first-order valence-corrected chi connectivity index (χ1v) is 8.39. The van der Waals surface area contributed by atoms with Crippen LogP contribution in [0.2, 0.25) is 0 Å². The Balaban J connectivity index is 2.90. The average molecular weight is 303 g/mol. The summed E-state index contributed by atoms with van der Waals surface area (Å²) in [4.78, 5) is 0. The van der Waals surface area contributed by atoms with Gasteiger partial charge in [0.2, 0.25) is 10.0 Å². The van der Waals surface area contributed by atoms with Crippen LogP contribution < -0.4 is 15.8 Å². The minimum absolute atomic E-state index is 0.166. The van der Waals surface area contributed by atoms with Crippen LogP contribution >= 0.6 is 0 Å². The van der Waals surface area contributed by atoms with Gasteiger partial charge in [-0.05, 0) is 34.6 Å². The van der Waals surface area contributed by atoms with Crippen LogP contribution in [0.4, 0.5) is 11.5 Å². The monoisotopic (exact) mass is 303 g/mol. The van der Waals surface area contributed by atoms with E-state index >= 15 is 0 Å². The Labute approximate surface area is 121 Å². The molecular formula is C12H25N5O2S. The average Bonchev–Trinajstić information content (AvgIpc) is 2.50. The molecule has 0 aliphatic carbocycles. The number of aryl methyl sites for hydroxylation is 1. The highest BCUT2D eigenvalue weighted by Crippen LogP contribution is 2.25. The summed E-state index contributed by atoms with van der Waals surface area (Å²) in [6.45, 7) is 9.88. The van der Waals surface area contributed by atoms with Gasteiger partial charge in [-0.3, -0.25) is 0 Å². The number of rotatable bonds is 6. The van der Waals surface area contributed by atoms with Crippen molar-refractivity contribution in [1.82, 2.24) is 14.5 Å². The Morgan fingerprint density at radius 2 is 1.95 bits per heavy atom. The lowest BCUT2D eigenvalue weighted by atomic mass is 10.1. The first-order valence-electron chi connectivity index (χ1n) is 6.50. The maximum Gasteiger partial charge on any atom is 0.209 e. The number of nitrogens with one attached hydrogen (secondary N) is 2. The van der Waals surface area contributed by atoms with Gasteiger partial charge in [-0.2, -0.15) is 5.10 Å². The summed E-state index contributed by atoms with van der Waals surface area (Å²) in [5, 5.41) is 7.57. The summed E-state index contributed by atoms with van der Waals surface area (Å²) in [6.07, 6.45) is 1.14. The highest BCUT2D eigenvalue weighted by Gasteiger charge is 2.23. The van der Waals surface area contributed by atoms with E-state index in [1.165, 1.54) is 0 Å². The molecule has 0 atom stereocenters. The molecule has 116 valence electrons. The van der Waals surface area contributed by atoms with E-state index in [4.69, 9.17) is 5.73 Å². The maximum atomic E-state index is 11.3. The SMILES string of the molecule is Cc1nn(C(C)C)c(NCC(C)(C)NS(C)(=O)=O)c1N. The van der Waals surface area contributed by atoms with Crippen molar-refractivity contribution in [3.8, 4) is 0 Å². The molecule has 0 spiro atoms. The van der Waals surface area contributed by atoms with Gasteiger partial charge >= 0.3 is 0 Å². The fraction of sp³-hybridized carbons (Fsp3) is 0.750. The molecule has 0 saturated carbocycles. The van der Waals surface area contributed by atoms with Crippen molar-refractivity contribution >= 4 is 21.5 Å². The van der Waals surface area contributed by atoms with Gasteiger partial charge in [-0.15, -0.1) is 0 Å². The van der Waals surface area contributed by atoms with Gasteiger partial charge in [-0.1, -0.05) is 0 Å². The zero-order chi connectivity index (χ0) is 15.7. The normalized spacial score (nSPS) is 12.9. The lowest BCUT2D eigenvalue weighted by Crippen LogP contribution is -2.48. The summed E-state index contributed by atoms with van der Waals surface area (Å²) in [5.41, 5.74) is 6.74. The van der Waals surface area contributed by atoms with Crippen molar-refractivity contribution in [2.75, 3.05) is 23.9 Å². The third kappa shape index (κ3) is 4.38. The van der Waals surface area contributed by atoms with Crippen LogP contribution in [0.1, 0.15) is 39.4 Å². The maximum absolute atomic E-state index is 11.3. The predicted molar refractivity (Wildman–Crippen MR) is 82.3 cm³/mol. The first kappa shape index (κ1) is 16.8. The Kier molecular flexibility index (Phi) is 4.70. The van der Waals surface area contributed by atoms with Crippen molar-refractivity contribution in [2.45, 2.75) is 46.2 Å². The molecule has 0 amide bonds. The highest BCUT2D eigenvalue weighted by atomic mass is 32.2. The van der Waals surface area contributed by atoms with Crippen LogP contribution in [0.25, 0.3) is 0 Å². The molecule has 7 nitrogen and oxygen atoms in total. The molecule has 0 aromatic carbocycles. The van der Waals surface area contributed by atoms with Gasteiger partial charge in [-0.25, -0.2) is 17.8 Å². The summed E-state index contributed by atoms with van der Waals surface area (Å²) in [6, 6.07) is 0.166. The second-order valence-electron chi connectivity index (χ2n) is 6.00. The predicted octanol–water partition coefficient (Wildman–Crippen LogP) is 1.09. The van der Waals surface area contributed by atoms with Crippen molar-refractivity contribution in [3.05, 3.63) is 5.69 Å². The zero-order valence-electron chi connectivity index (χ0n) is 13.0. The molecule has 0 aliphatic rings. The van der Waals surface area contributed by atoms with E-state index in [0.717, 1.165) is 17.8 Å². The van der Waals surface area contributed by atoms with Gasteiger partial charge in [0.15, 0.2) is 0 Å². The van der Waals surface area contributed by atoms with Crippen molar-refractivity contribution in [3.63, 3.8) is 0 Å². The summed E-state index contributed by atoms with van der Waals surface area (Å²) < 4.78 is 27.0. The largest absolute Gasteiger partial charge is 0.394 e. The quantitative estimate of drug-likeness (QED) is 0.730. The Morgan fingerprint density at radius 1 is 1.40 bits per heavy atom. The van der Waals surface area contributed by atoms with Gasteiger partial charge in [0, 0.05) is 18.1 Å². The van der Waals surface area contributed by atoms with Crippen LogP contribution in [0, 0.1) is 6.92 Å². The van der Waals surface area contributed by atoms with Gasteiger partial charge in [0.1, 0.15) is 5.82 Å². The first-order chi connectivity index (χ1) is 8.93. The van der Waals surface area contributed by atoms with Crippen molar-refractivity contribution < 1.29 is 8.42 Å². The summed E-state index contributed by atoms with van der Waals surface area (Å²) >= 11 is 0. The third-order valence-corrected chi connectivity index (χ3v) is 3.70. The fourth-order valence-corrected chi connectivity index (χ4v) is 3.03. The van der Waals surface area contributed by atoms with Crippen molar-refractivity contribution in [2.24, 2.45) is 0 Å². The third-order valence-electron chi connectivity index (χ3n) is 2.78. The molecule has 1 aromatic heterocycles. The molecule has 1 rings (SSSR count). The van der Waals surface area contributed by atoms with Gasteiger partial charge in [0.25, 0.3) is 0 Å². The number of aromatic nitrogens is 2. The molecule has 0 radical (unpaired) electrons. The van der Waals surface area contributed by atoms with Gasteiger partial charge in [0.05, 0.1) is 17.6 Å². The topological polar surface area (TPSA) is 102 Å². The van der Waals surface area contributed by atoms with E-state index in [9.17, 15) is 8.42 Å². The van der Waals surface area contributed by atoms with Crippen LogP contribution in [-0.4, -0.2) is 36.5 Å². The minimum atomic E-state index is -3.26. The number of nitrogens with two attached hydrogens (primary N) is 1. The van der Waals surface area contributed by atoms with Crippen molar-refractivity contribution in [1.29, 1.82) is 0 Å². The molecular weight excluding hydrogens is 278 g/mol. The number of sulfonamides is 1. The van der Waals surface area contributed by atoms with E-state index in [0.29, 0.717) is 12.2 Å². The zero-order valence-corrected chi connectivity index (χ0v) is 13.8. The fourth-order valence-electron chi connectivity index (χ4n) is 1.95. The van der Waals surface area contributed by atoms with Crippen LogP contribution in [0.3, 0.4) is 0 Å². The number of anilines is 2. The van der Waals surface area contributed by atoms with E-state index in [1.807, 2.05) is 20.8 Å². The molecule has 20 heavy (non-hydrogen) atoms. The number of hydrogen-bond donors (Lipinski definition) is 3. The standard InChI is InChI=1S/C12H25N5O2S/c1-8(2)17-11(10(13)9(3)15-17)14-7-12(4,5)16-20(6,18)19/h8,14,16H,7,13H2,1-6H3. The molecule has 0 bridgehead atoms. The molecule has 1 heterocycles. The van der Waals surface area contributed by atoms with E-state index < -0.39 is 15.6 Å². The molecule has 4 N–H and O–H groups in total. The Morgan fingerprint density at radius 3 is 2.40 bits per heavy atom. The number of hydrogen-bond acceptors (Lipinski definition) is 5. The smallest absolute Gasteiger partial charge is 0.209 e. The summed E-state index contributed by atoms with van der Waals surface area (Å²) in [7, 11) is -3.26. The number of nitrogen functional groups attached to an aromatic ring is 1. The van der Waals surface area contributed by atoms with Crippen LogP contribution in [-0.2, 0) is 10.0 Å². The van der Waals surface area contributed by atoms with Gasteiger partial charge < -0.3 is 11.1 Å². The molecule has 0 fully saturated rings. The second kappa shape index (κ2) is 5.61. The molecule has 0 saturated heterocycles. The Hall–Kier alpha value is -1.28. The number of nitrogens with zero attached hydrogens (tertiary/aromatic N) is 2. The highest BCUT2D eigenvalue weighted by molar-refractivity contribution is 7.88. The minimum Gasteiger partial charge on any atom is -0.394 e. The molecule has 0 aliphatic heterocycles. The molecule has 0 unspecified atom stereocenters. The van der Waals surface area contributed by atoms with E-state index in [-0.39, 0.29) is 6.04 Å². The van der Waals surface area contributed by atoms with E-state index in [2.05, 4.69) is 15.1 Å². The van der Waals surface area contributed by atoms with Crippen LogP contribution in [0.5, 0.6) is 0 Å². The summed E-state index contributed by atoms with van der Waals surface area (Å²) in [5.74, 6) is 0.723. The lowest BCUT2D eigenvalue weighted by molar-refractivity contribution is 0.471. The van der Waals surface area contributed by atoms with E-state index in [1.54, 1.807) is 18.5 Å². The lowest BCUT2D eigenvalue weighted by Gasteiger charge is -2.26. The molecule has 1 aromatic rings. The van der Waals surface area contributed by atoms with Crippen LogP contribution in [0.15, 0.2) is 0 Å². The second-order valence-corrected chi connectivity index (χ2v) is 7.75. The Bertz CT molecular complexity index is 575.